The average molecular weight is 291 g/mol. The molecule has 0 radical (unpaired) electrons. The van der Waals surface area contributed by atoms with E-state index in [9.17, 15) is 0 Å². The van der Waals surface area contributed by atoms with Crippen LogP contribution < -0.4 is 0 Å². The van der Waals surface area contributed by atoms with Crippen LogP contribution >= 0.6 is 27.5 Å². The summed E-state index contributed by atoms with van der Waals surface area (Å²) in [6.45, 7) is 3.24. The summed E-state index contributed by atoms with van der Waals surface area (Å²) in [6.07, 6.45) is 0. The van der Waals surface area contributed by atoms with E-state index >= 15 is 0 Å². The van der Waals surface area contributed by atoms with Crippen molar-refractivity contribution in [2.45, 2.75) is 6.54 Å². The molecular weight excluding hydrogens is 277 g/mol. The third-order valence-corrected chi connectivity index (χ3v) is 3.90. The molecule has 1 aromatic carbocycles. The van der Waals surface area contributed by atoms with Crippen LogP contribution in [-0.2, 0) is 6.54 Å². The molecule has 0 bridgehead atoms. The summed E-state index contributed by atoms with van der Waals surface area (Å²) in [5.74, 6) is 0.473. The molecule has 0 amide bonds. The lowest BCUT2D eigenvalue weighted by atomic mass is 10.0. The van der Waals surface area contributed by atoms with Crippen molar-refractivity contribution in [3.05, 3.63) is 33.3 Å². The predicted molar refractivity (Wildman–Crippen MR) is 65.0 cm³/mol. The highest BCUT2D eigenvalue weighted by atomic mass is 79.9. The normalized spacial score (nSPS) is 17.8. The molecular formula is C11H13BrClNO. The Balaban J connectivity index is 1.92. The van der Waals surface area contributed by atoms with Crippen molar-refractivity contribution in [3.8, 4) is 0 Å². The monoisotopic (exact) mass is 289 g/mol. The zero-order valence-corrected chi connectivity index (χ0v) is 10.6. The van der Waals surface area contributed by atoms with E-state index in [1.165, 1.54) is 5.56 Å². The molecule has 0 spiro atoms. The minimum atomic E-state index is 0.306. The minimum absolute atomic E-state index is 0.306. The van der Waals surface area contributed by atoms with Crippen molar-refractivity contribution in [1.29, 1.82) is 0 Å². The van der Waals surface area contributed by atoms with Gasteiger partial charge in [-0.25, -0.2) is 0 Å². The van der Waals surface area contributed by atoms with Gasteiger partial charge in [-0.2, -0.15) is 0 Å². The van der Waals surface area contributed by atoms with E-state index in [-0.39, 0.29) is 0 Å². The molecule has 0 atom stereocenters. The maximum absolute atomic E-state index is 8.90. The second kappa shape index (κ2) is 4.83. The first-order valence-corrected chi connectivity index (χ1v) is 6.13. The van der Waals surface area contributed by atoms with E-state index in [4.69, 9.17) is 16.7 Å². The molecule has 0 unspecified atom stereocenters. The molecule has 0 aromatic heterocycles. The topological polar surface area (TPSA) is 23.5 Å². The van der Waals surface area contributed by atoms with Crippen molar-refractivity contribution >= 4 is 27.5 Å². The molecule has 15 heavy (non-hydrogen) atoms. The van der Waals surface area contributed by atoms with Crippen molar-refractivity contribution < 1.29 is 5.11 Å². The molecule has 1 aliphatic rings. The fourth-order valence-electron chi connectivity index (χ4n) is 1.82. The molecule has 1 fully saturated rings. The molecule has 82 valence electrons. The van der Waals surface area contributed by atoms with Gasteiger partial charge in [0.15, 0.2) is 0 Å². The number of hydrogen-bond donors (Lipinski definition) is 1. The lowest BCUT2D eigenvalue weighted by molar-refractivity contribution is 0.0479. The largest absolute Gasteiger partial charge is 0.396 e. The number of aliphatic hydroxyl groups is 1. The predicted octanol–water partition coefficient (Wildman–Crippen LogP) is 2.53. The van der Waals surface area contributed by atoms with Crippen LogP contribution in [0.25, 0.3) is 0 Å². The maximum atomic E-state index is 8.90. The highest BCUT2D eigenvalue weighted by molar-refractivity contribution is 9.10. The number of hydrogen-bond acceptors (Lipinski definition) is 2. The zero-order chi connectivity index (χ0) is 10.8. The molecule has 1 saturated heterocycles. The van der Waals surface area contributed by atoms with Crippen molar-refractivity contribution in [2.24, 2.45) is 5.92 Å². The first-order valence-electron chi connectivity index (χ1n) is 4.96. The molecule has 2 rings (SSSR count). The fraction of sp³-hybridized carbons (Fsp3) is 0.455. The smallest absolute Gasteiger partial charge is 0.0548 e. The van der Waals surface area contributed by atoms with Gasteiger partial charge in [-0.3, -0.25) is 4.90 Å². The van der Waals surface area contributed by atoms with E-state index in [1.54, 1.807) is 0 Å². The summed E-state index contributed by atoms with van der Waals surface area (Å²) in [7, 11) is 0. The summed E-state index contributed by atoms with van der Waals surface area (Å²) in [5.41, 5.74) is 1.25. The number of likely N-dealkylation sites (tertiary alicyclic amines) is 1. The molecule has 1 aliphatic heterocycles. The SMILES string of the molecule is OCC1CN(Cc2ccc(Cl)c(Br)c2)C1. The van der Waals surface area contributed by atoms with Crippen LogP contribution in [0, 0.1) is 5.92 Å². The van der Waals surface area contributed by atoms with Crippen molar-refractivity contribution in [1.82, 2.24) is 4.90 Å². The maximum Gasteiger partial charge on any atom is 0.0548 e. The van der Waals surface area contributed by atoms with E-state index in [1.807, 2.05) is 12.1 Å². The van der Waals surface area contributed by atoms with Crippen LogP contribution in [0.15, 0.2) is 22.7 Å². The van der Waals surface area contributed by atoms with Crippen molar-refractivity contribution in [2.75, 3.05) is 19.7 Å². The molecule has 1 heterocycles. The number of benzene rings is 1. The lowest BCUT2D eigenvalue weighted by Gasteiger charge is -2.38. The summed E-state index contributed by atoms with van der Waals surface area (Å²) in [4.78, 5) is 2.32. The van der Waals surface area contributed by atoms with Gasteiger partial charge in [-0.05, 0) is 33.6 Å². The summed E-state index contributed by atoms with van der Waals surface area (Å²) in [6, 6.07) is 6.00. The van der Waals surface area contributed by atoms with Gasteiger partial charge in [0.25, 0.3) is 0 Å². The lowest BCUT2D eigenvalue weighted by Crippen LogP contribution is -2.47. The fourth-order valence-corrected chi connectivity index (χ4v) is 2.36. The van der Waals surface area contributed by atoms with E-state index in [2.05, 4.69) is 26.9 Å². The molecule has 1 aromatic rings. The van der Waals surface area contributed by atoms with Gasteiger partial charge in [0.05, 0.1) is 5.02 Å². The summed E-state index contributed by atoms with van der Waals surface area (Å²) in [5, 5.41) is 9.64. The zero-order valence-electron chi connectivity index (χ0n) is 8.29. The Kier molecular flexibility index (Phi) is 3.67. The Bertz CT molecular complexity index is 352. The number of nitrogens with zero attached hydrogens (tertiary/aromatic N) is 1. The average Bonchev–Trinajstić information content (AvgIpc) is 2.16. The molecule has 0 aliphatic carbocycles. The molecule has 1 N–H and O–H groups in total. The van der Waals surface area contributed by atoms with Gasteiger partial charge >= 0.3 is 0 Å². The van der Waals surface area contributed by atoms with Crippen LogP contribution in [0.1, 0.15) is 5.56 Å². The third-order valence-electron chi connectivity index (χ3n) is 2.68. The Morgan fingerprint density at radius 3 is 2.80 bits per heavy atom. The van der Waals surface area contributed by atoms with Gasteiger partial charge in [0, 0.05) is 36.6 Å². The Labute approximate surface area is 103 Å². The molecule has 4 heteroatoms. The van der Waals surface area contributed by atoms with Crippen LogP contribution in [0.3, 0.4) is 0 Å². The van der Waals surface area contributed by atoms with Gasteiger partial charge < -0.3 is 5.11 Å². The van der Waals surface area contributed by atoms with Gasteiger partial charge in [-0.15, -0.1) is 0 Å². The highest BCUT2D eigenvalue weighted by Crippen LogP contribution is 2.25. The number of rotatable bonds is 3. The molecule has 0 saturated carbocycles. The second-order valence-electron chi connectivity index (χ2n) is 3.99. The van der Waals surface area contributed by atoms with E-state index < -0.39 is 0 Å². The number of aliphatic hydroxyl groups excluding tert-OH is 1. The molecule has 2 nitrogen and oxygen atoms in total. The van der Waals surface area contributed by atoms with Crippen LogP contribution in [0.5, 0.6) is 0 Å². The quantitative estimate of drug-likeness (QED) is 0.925. The first kappa shape index (κ1) is 11.4. The third kappa shape index (κ3) is 2.72. The Hall–Kier alpha value is -0.0900. The summed E-state index contributed by atoms with van der Waals surface area (Å²) < 4.78 is 0.945. The first-order chi connectivity index (χ1) is 7.19. The van der Waals surface area contributed by atoms with Crippen molar-refractivity contribution in [3.63, 3.8) is 0 Å². The van der Waals surface area contributed by atoms with Gasteiger partial charge in [0.1, 0.15) is 0 Å². The Morgan fingerprint density at radius 1 is 1.47 bits per heavy atom. The minimum Gasteiger partial charge on any atom is -0.396 e. The summed E-state index contributed by atoms with van der Waals surface area (Å²) >= 11 is 9.33. The van der Waals surface area contributed by atoms with E-state index in [0.29, 0.717) is 12.5 Å². The second-order valence-corrected chi connectivity index (χ2v) is 5.25. The van der Waals surface area contributed by atoms with Crippen LogP contribution in [-0.4, -0.2) is 29.7 Å². The highest BCUT2D eigenvalue weighted by Gasteiger charge is 2.25. The standard InChI is InChI=1S/C11H13BrClNO/c12-10-3-8(1-2-11(10)13)4-14-5-9(6-14)7-15/h1-3,9,15H,4-7H2. The number of halogens is 2. The van der Waals surface area contributed by atoms with E-state index in [0.717, 1.165) is 29.1 Å². The van der Waals surface area contributed by atoms with Gasteiger partial charge in [-0.1, -0.05) is 17.7 Å². The van der Waals surface area contributed by atoms with Gasteiger partial charge in [0.2, 0.25) is 0 Å². The van der Waals surface area contributed by atoms with Crippen LogP contribution in [0.4, 0.5) is 0 Å². The Morgan fingerprint density at radius 2 is 2.20 bits per heavy atom. The van der Waals surface area contributed by atoms with Crippen LogP contribution in [0.2, 0.25) is 5.02 Å².